The quantitative estimate of drug-likeness (QED) is 0.680. The Morgan fingerprint density at radius 3 is 2.65 bits per heavy atom. The van der Waals surface area contributed by atoms with Gasteiger partial charge < -0.3 is 4.90 Å². The number of nitrogens with zero attached hydrogens (tertiary/aromatic N) is 4. The molecule has 1 aliphatic rings. The Hall–Kier alpha value is -2.54. The maximum atomic E-state index is 9.85. The number of aromatic nitrogens is 2. The van der Waals surface area contributed by atoms with Gasteiger partial charge in [-0.3, -0.25) is 4.40 Å². The molecule has 0 aliphatic carbocycles. The lowest BCUT2D eigenvalue weighted by Gasteiger charge is -2.34. The number of benzene rings is 1. The van der Waals surface area contributed by atoms with E-state index in [1.165, 1.54) is 24.2 Å². The average molecular weight is 346 g/mol. The molecule has 0 bridgehead atoms. The van der Waals surface area contributed by atoms with Crippen molar-refractivity contribution >= 4 is 22.5 Å². The first-order valence-electron chi connectivity index (χ1n) is 9.73. The summed E-state index contributed by atoms with van der Waals surface area (Å²) in [6.07, 6.45) is 4.50. The first-order valence-corrected chi connectivity index (χ1v) is 9.73. The molecule has 0 spiro atoms. The number of hydrogen-bond acceptors (Lipinski definition) is 3. The third kappa shape index (κ3) is 2.54. The lowest BCUT2D eigenvalue weighted by atomic mass is 9.96. The Bertz CT molecular complexity index is 1000. The number of imidazole rings is 1. The molecule has 134 valence electrons. The Morgan fingerprint density at radius 1 is 1.23 bits per heavy atom. The summed E-state index contributed by atoms with van der Waals surface area (Å²) in [7, 11) is 0. The van der Waals surface area contributed by atoms with Crippen molar-refractivity contribution in [3.05, 3.63) is 41.0 Å². The summed E-state index contributed by atoms with van der Waals surface area (Å²) < 4.78 is 2.25. The van der Waals surface area contributed by atoms with Gasteiger partial charge in [0.25, 0.3) is 0 Å². The molecule has 0 atom stereocenters. The number of hydrogen-bond donors (Lipinski definition) is 0. The maximum absolute atomic E-state index is 9.85. The van der Waals surface area contributed by atoms with Crippen LogP contribution in [0.15, 0.2) is 24.3 Å². The zero-order valence-electron chi connectivity index (χ0n) is 15.9. The molecule has 0 radical (unpaired) electrons. The molecule has 0 saturated carbocycles. The summed E-state index contributed by atoms with van der Waals surface area (Å²) in [6, 6.07) is 10.7. The van der Waals surface area contributed by atoms with Gasteiger partial charge in [-0.25, -0.2) is 4.98 Å². The molecule has 1 aromatic carbocycles. The van der Waals surface area contributed by atoms with Gasteiger partial charge in [0.1, 0.15) is 11.9 Å². The predicted octanol–water partition coefficient (Wildman–Crippen LogP) is 4.86. The monoisotopic (exact) mass is 346 g/mol. The van der Waals surface area contributed by atoms with Gasteiger partial charge in [-0.2, -0.15) is 5.26 Å². The van der Waals surface area contributed by atoms with E-state index in [0.717, 1.165) is 59.7 Å². The highest BCUT2D eigenvalue weighted by Gasteiger charge is 2.26. The van der Waals surface area contributed by atoms with Gasteiger partial charge in [0.15, 0.2) is 5.65 Å². The van der Waals surface area contributed by atoms with Crippen molar-refractivity contribution in [2.75, 3.05) is 18.0 Å². The number of nitriles is 1. The molecule has 3 heterocycles. The zero-order valence-corrected chi connectivity index (χ0v) is 15.9. The number of anilines is 1. The van der Waals surface area contributed by atoms with E-state index in [2.05, 4.69) is 48.3 Å². The van der Waals surface area contributed by atoms with Crippen LogP contribution in [0.25, 0.3) is 16.7 Å². The first-order chi connectivity index (χ1) is 12.7. The standard InChI is InChI=1S/C22H26N4/c1-4-7-17-16(3)18(14-23)21-24-19-8-5-6-9-20(19)26(21)22(17)25-12-10-15(2)11-13-25/h5-6,8-9,15H,4,7,10-13H2,1-3H3. The van der Waals surface area contributed by atoms with E-state index in [1.807, 2.05) is 12.1 Å². The van der Waals surface area contributed by atoms with E-state index in [1.54, 1.807) is 0 Å². The van der Waals surface area contributed by atoms with Gasteiger partial charge in [0, 0.05) is 13.1 Å². The minimum atomic E-state index is 0.721. The molecule has 1 fully saturated rings. The third-order valence-corrected chi connectivity index (χ3v) is 5.79. The number of fused-ring (bicyclic) bond motifs is 3. The molecule has 0 unspecified atom stereocenters. The van der Waals surface area contributed by atoms with Crippen LogP contribution in [0.3, 0.4) is 0 Å². The fraction of sp³-hybridized carbons (Fsp3) is 0.455. The minimum Gasteiger partial charge on any atom is -0.357 e. The largest absolute Gasteiger partial charge is 0.357 e. The SMILES string of the molecule is CCCc1c(C)c(C#N)c2nc3ccccc3n2c1N1CCC(C)CC1. The summed E-state index contributed by atoms with van der Waals surface area (Å²) in [5, 5.41) is 9.85. The summed E-state index contributed by atoms with van der Waals surface area (Å²) in [6.45, 7) is 8.80. The van der Waals surface area contributed by atoms with Crippen molar-refractivity contribution in [2.24, 2.45) is 5.92 Å². The van der Waals surface area contributed by atoms with Gasteiger partial charge in [0.05, 0.1) is 16.6 Å². The van der Waals surface area contributed by atoms with Crippen LogP contribution in [-0.2, 0) is 6.42 Å². The van der Waals surface area contributed by atoms with Crippen LogP contribution in [-0.4, -0.2) is 22.5 Å². The Labute approximate surface area is 155 Å². The highest BCUT2D eigenvalue weighted by Crippen LogP contribution is 2.35. The highest BCUT2D eigenvalue weighted by molar-refractivity contribution is 5.86. The van der Waals surface area contributed by atoms with Crippen LogP contribution < -0.4 is 4.90 Å². The molecule has 2 aromatic heterocycles. The van der Waals surface area contributed by atoms with E-state index < -0.39 is 0 Å². The first kappa shape index (κ1) is 16.9. The fourth-order valence-corrected chi connectivity index (χ4v) is 4.27. The lowest BCUT2D eigenvalue weighted by molar-refractivity contribution is 0.435. The smallest absolute Gasteiger partial charge is 0.157 e. The number of pyridine rings is 1. The van der Waals surface area contributed by atoms with Crippen LogP contribution in [0.1, 0.15) is 49.8 Å². The summed E-state index contributed by atoms with van der Waals surface area (Å²) in [5.41, 5.74) is 6.01. The normalized spacial score (nSPS) is 15.7. The van der Waals surface area contributed by atoms with Gasteiger partial charge in [0.2, 0.25) is 0 Å². The maximum Gasteiger partial charge on any atom is 0.157 e. The Balaban J connectivity index is 2.09. The molecule has 4 heteroatoms. The molecule has 1 aliphatic heterocycles. The van der Waals surface area contributed by atoms with E-state index in [0.29, 0.717) is 0 Å². The van der Waals surface area contributed by atoms with Crippen LogP contribution >= 0.6 is 0 Å². The summed E-state index contributed by atoms with van der Waals surface area (Å²) >= 11 is 0. The van der Waals surface area contributed by atoms with Crippen molar-refractivity contribution in [1.29, 1.82) is 5.26 Å². The van der Waals surface area contributed by atoms with Gasteiger partial charge in [-0.1, -0.05) is 32.4 Å². The molecule has 1 saturated heterocycles. The molecule has 4 nitrogen and oxygen atoms in total. The molecular weight excluding hydrogens is 320 g/mol. The molecule has 4 rings (SSSR count). The van der Waals surface area contributed by atoms with E-state index in [4.69, 9.17) is 4.98 Å². The summed E-state index contributed by atoms with van der Waals surface area (Å²) in [4.78, 5) is 7.36. The highest BCUT2D eigenvalue weighted by atomic mass is 15.2. The van der Waals surface area contributed by atoms with Crippen molar-refractivity contribution < 1.29 is 0 Å². The number of para-hydroxylation sites is 2. The molecule has 0 N–H and O–H groups in total. The second-order valence-corrected chi connectivity index (χ2v) is 7.59. The topological polar surface area (TPSA) is 44.3 Å². The predicted molar refractivity (Wildman–Crippen MR) is 107 cm³/mol. The van der Waals surface area contributed by atoms with E-state index in [9.17, 15) is 5.26 Å². The van der Waals surface area contributed by atoms with Crippen LogP contribution in [0.2, 0.25) is 0 Å². The fourth-order valence-electron chi connectivity index (χ4n) is 4.27. The van der Waals surface area contributed by atoms with E-state index in [-0.39, 0.29) is 0 Å². The number of piperidine rings is 1. The lowest BCUT2D eigenvalue weighted by Crippen LogP contribution is -2.35. The van der Waals surface area contributed by atoms with Crippen LogP contribution in [0, 0.1) is 24.2 Å². The minimum absolute atomic E-state index is 0.721. The van der Waals surface area contributed by atoms with Crippen molar-refractivity contribution in [3.63, 3.8) is 0 Å². The van der Waals surface area contributed by atoms with Gasteiger partial charge in [-0.05, 0) is 55.4 Å². The van der Waals surface area contributed by atoms with Crippen molar-refractivity contribution in [1.82, 2.24) is 9.38 Å². The average Bonchev–Trinajstić information content (AvgIpc) is 3.02. The van der Waals surface area contributed by atoms with E-state index >= 15 is 0 Å². The zero-order chi connectivity index (χ0) is 18.3. The number of rotatable bonds is 3. The molecule has 26 heavy (non-hydrogen) atoms. The summed E-state index contributed by atoms with van der Waals surface area (Å²) in [5.74, 6) is 2.05. The van der Waals surface area contributed by atoms with Crippen LogP contribution in [0.4, 0.5) is 5.82 Å². The van der Waals surface area contributed by atoms with Gasteiger partial charge >= 0.3 is 0 Å². The second-order valence-electron chi connectivity index (χ2n) is 7.59. The second kappa shape index (κ2) is 6.64. The van der Waals surface area contributed by atoms with Gasteiger partial charge in [-0.15, -0.1) is 0 Å². The molecular formula is C22H26N4. The Kier molecular flexibility index (Phi) is 4.32. The van der Waals surface area contributed by atoms with Crippen molar-refractivity contribution in [2.45, 2.75) is 46.5 Å². The van der Waals surface area contributed by atoms with Crippen LogP contribution in [0.5, 0.6) is 0 Å². The molecule has 0 amide bonds. The Morgan fingerprint density at radius 2 is 1.96 bits per heavy atom. The molecule has 3 aromatic rings. The third-order valence-electron chi connectivity index (χ3n) is 5.79. The van der Waals surface area contributed by atoms with Crippen molar-refractivity contribution in [3.8, 4) is 6.07 Å².